The molecule has 2 aromatic carbocycles. The van der Waals surface area contributed by atoms with Gasteiger partial charge in [0.15, 0.2) is 5.60 Å². The van der Waals surface area contributed by atoms with Crippen LogP contribution in [0.1, 0.15) is 110 Å². The van der Waals surface area contributed by atoms with Gasteiger partial charge in [0.1, 0.15) is 0 Å². The van der Waals surface area contributed by atoms with E-state index in [1.807, 2.05) is 0 Å². The smallest absolute Gasteiger partial charge is 0.154 e. The molecule has 1 nitrogen and oxygen atoms in total. The van der Waals surface area contributed by atoms with Crippen LogP contribution in [0.15, 0.2) is 48.5 Å². The minimum atomic E-state index is -1.14. The van der Waals surface area contributed by atoms with Crippen LogP contribution in [0.3, 0.4) is 0 Å². The summed E-state index contributed by atoms with van der Waals surface area (Å²) < 4.78 is 0. The van der Waals surface area contributed by atoms with E-state index in [2.05, 4.69) is 123 Å². The largest absolute Gasteiger partial charge is 0.373 e. The Balaban J connectivity index is 1.96. The number of hydrogen-bond acceptors (Lipinski definition) is 1. The Morgan fingerprint density at radius 1 is 0.588 bits per heavy atom. The quantitative estimate of drug-likeness (QED) is 0.448. The van der Waals surface area contributed by atoms with Crippen LogP contribution in [0.2, 0.25) is 0 Å². The number of rotatable bonds is 2. The van der Waals surface area contributed by atoms with Crippen molar-refractivity contribution < 1.29 is 5.11 Å². The molecule has 1 saturated carbocycles. The van der Waals surface area contributed by atoms with Crippen molar-refractivity contribution in [3.8, 4) is 11.8 Å². The van der Waals surface area contributed by atoms with Crippen molar-refractivity contribution in [2.75, 3.05) is 0 Å². The summed E-state index contributed by atoms with van der Waals surface area (Å²) in [6.45, 7) is 20.4. The fourth-order valence-corrected chi connectivity index (χ4v) is 5.23. The fraction of sp³-hybridized carbons (Fsp3) is 0.576. The molecule has 2 aromatic rings. The van der Waals surface area contributed by atoms with Gasteiger partial charge in [-0.15, -0.1) is 0 Å². The predicted octanol–water partition coefficient (Wildman–Crippen LogP) is 8.37. The van der Waals surface area contributed by atoms with Gasteiger partial charge in [-0.3, -0.25) is 0 Å². The molecule has 1 aliphatic rings. The molecule has 0 heterocycles. The molecule has 0 spiro atoms. The second kappa shape index (κ2) is 9.54. The van der Waals surface area contributed by atoms with Crippen LogP contribution in [0.4, 0.5) is 0 Å². The molecule has 1 unspecified atom stereocenters. The molecule has 0 saturated heterocycles. The molecular weight excluding hydrogens is 412 g/mol. The van der Waals surface area contributed by atoms with Crippen molar-refractivity contribution in [1.29, 1.82) is 0 Å². The SMILES string of the molecule is CC(C)(C)c1ccc(C#CC(O)(c2ccc(C(C)(C)C)cc2)C2CCC(C(C)(C)C)CC2)cc1. The third-order valence-corrected chi connectivity index (χ3v) is 7.88. The first-order valence-corrected chi connectivity index (χ1v) is 13.1. The summed E-state index contributed by atoms with van der Waals surface area (Å²) in [6.07, 6.45) is 4.32. The summed E-state index contributed by atoms with van der Waals surface area (Å²) in [5, 5.41) is 12.2. The Morgan fingerprint density at radius 3 is 1.38 bits per heavy atom. The highest BCUT2D eigenvalue weighted by Crippen LogP contribution is 2.46. The molecular formula is C33H46O. The predicted molar refractivity (Wildman–Crippen MR) is 146 cm³/mol. The summed E-state index contributed by atoms with van der Waals surface area (Å²) in [5.41, 5.74) is 3.85. The van der Waals surface area contributed by atoms with Crippen LogP contribution in [-0.2, 0) is 16.4 Å². The molecule has 184 valence electrons. The first-order chi connectivity index (χ1) is 15.6. The zero-order valence-corrected chi connectivity index (χ0v) is 23.0. The Morgan fingerprint density at radius 2 is 0.971 bits per heavy atom. The molecule has 0 aliphatic heterocycles. The summed E-state index contributed by atoms with van der Waals surface area (Å²) >= 11 is 0. The normalized spacial score (nSPS) is 21.4. The van der Waals surface area contributed by atoms with Crippen molar-refractivity contribution in [2.45, 2.75) is 104 Å². The number of benzene rings is 2. The summed E-state index contributed by atoms with van der Waals surface area (Å²) in [4.78, 5) is 0. The monoisotopic (exact) mass is 458 g/mol. The minimum absolute atomic E-state index is 0.0852. The van der Waals surface area contributed by atoms with E-state index in [9.17, 15) is 5.11 Å². The second-order valence-electron chi connectivity index (χ2n) is 13.6. The van der Waals surface area contributed by atoms with Gasteiger partial charge in [0.25, 0.3) is 0 Å². The lowest BCUT2D eigenvalue weighted by Crippen LogP contribution is -2.38. The minimum Gasteiger partial charge on any atom is -0.373 e. The second-order valence-corrected chi connectivity index (χ2v) is 13.6. The molecule has 0 bridgehead atoms. The lowest BCUT2D eigenvalue weighted by Gasteiger charge is -2.41. The van der Waals surface area contributed by atoms with E-state index in [-0.39, 0.29) is 16.7 Å². The molecule has 1 N–H and O–H groups in total. The fourth-order valence-electron chi connectivity index (χ4n) is 5.23. The van der Waals surface area contributed by atoms with Crippen LogP contribution < -0.4 is 0 Å². The lowest BCUT2D eigenvalue weighted by atomic mass is 9.65. The van der Waals surface area contributed by atoms with E-state index in [0.717, 1.165) is 36.8 Å². The van der Waals surface area contributed by atoms with Gasteiger partial charge in [-0.25, -0.2) is 0 Å². The topological polar surface area (TPSA) is 20.2 Å². The van der Waals surface area contributed by atoms with Crippen LogP contribution in [0.25, 0.3) is 0 Å². The van der Waals surface area contributed by atoms with Crippen LogP contribution >= 0.6 is 0 Å². The molecule has 1 atom stereocenters. The van der Waals surface area contributed by atoms with Crippen molar-refractivity contribution >= 4 is 0 Å². The average Bonchev–Trinajstić information content (AvgIpc) is 2.76. The van der Waals surface area contributed by atoms with Gasteiger partial charge >= 0.3 is 0 Å². The summed E-state index contributed by atoms with van der Waals surface area (Å²) in [6, 6.07) is 17.1. The first-order valence-electron chi connectivity index (χ1n) is 13.1. The van der Waals surface area contributed by atoms with Crippen molar-refractivity contribution in [2.24, 2.45) is 17.3 Å². The molecule has 3 rings (SSSR count). The van der Waals surface area contributed by atoms with E-state index in [0.29, 0.717) is 11.3 Å². The standard InChI is InChI=1S/C33H46O/c1-30(2,3)25-12-10-24(11-13-25)22-23-33(34,28-18-14-26(15-19-28)31(4,5)6)29-20-16-27(17-21-29)32(7,8)9/h10-15,18-19,27,29,34H,16-17,20-21H2,1-9H3. The Labute approximate surface area is 209 Å². The van der Waals surface area contributed by atoms with Gasteiger partial charge < -0.3 is 5.11 Å². The highest BCUT2D eigenvalue weighted by molar-refractivity contribution is 5.43. The maximum Gasteiger partial charge on any atom is 0.154 e. The molecule has 1 heteroatoms. The maximum atomic E-state index is 12.2. The van der Waals surface area contributed by atoms with Gasteiger partial charge in [0, 0.05) is 11.5 Å². The van der Waals surface area contributed by atoms with E-state index in [4.69, 9.17) is 0 Å². The van der Waals surface area contributed by atoms with Crippen LogP contribution in [-0.4, -0.2) is 5.11 Å². The van der Waals surface area contributed by atoms with Gasteiger partial charge in [0.05, 0.1) is 0 Å². The number of aliphatic hydroxyl groups is 1. The Hall–Kier alpha value is -2.04. The van der Waals surface area contributed by atoms with Crippen molar-refractivity contribution in [3.05, 3.63) is 70.8 Å². The molecule has 1 aliphatic carbocycles. The molecule has 0 aromatic heterocycles. The van der Waals surface area contributed by atoms with E-state index >= 15 is 0 Å². The van der Waals surface area contributed by atoms with Gasteiger partial charge in [-0.1, -0.05) is 111 Å². The number of hydrogen-bond donors (Lipinski definition) is 1. The van der Waals surface area contributed by atoms with Crippen LogP contribution in [0, 0.1) is 29.1 Å². The zero-order chi connectivity index (χ0) is 25.4. The average molecular weight is 459 g/mol. The zero-order valence-electron chi connectivity index (χ0n) is 23.0. The third kappa shape index (κ3) is 6.14. The molecule has 34 heavy (non-hydrogen) atoms. The van der Waals surface area contributed by atoms with Crippen molar-refractivity contribution in [3.63, 3.8) is 0 Å². The van der Waals surface area contributed by atoms with E-state index < -0.39 is 5.60 Å². The molecule has 0 radical (unpaired) electrons. The summed E-state index contributed by atoms with van der Waals surface area (Å²) in [7, 11) is 0. The van der Waals surface area contributed by atoms with Gasteiger partial charge in [-0.05, 0) is 76.7 Å². The van der Waals surface area contributed by atoms with Gasteiger partial charge in [0.2, 0.25) is 0 Å². The van der Waals surface area contributed by atoms with Gasteiger partial charge in [-0.2, -0.15) is 0 Å². The summed E-state index contributed by atoms with van der Waals surface area (Å²) in [5.74, 6) is 7.57. The first kappa shape index (κ1) is 26.6. The molecule has 1 fully saturated rings. The highest BCUT2D eigenvalue weighted by Gasteiger charge is 2.41. The van der Waals surface area contributed by atoms with Crippen molar-refractivity contribution in [1.82, 2.24) is 0 Å². The molecule has 0 amide bonds. The van der Waals surface area contributed by atoms with E-state index in [1.54, 1.807) is 0 Å². The highest BCUT2D eigenvalue weighted by atomic mass is 16.3. The Kier molecular flexibility index (Phi) is 7.46. The van der Waals surface area contributed by atoms with Crippen LogP contribution in [0.5, 0.6) is 0 Å². The maximum absolute atomic E-state index is 12.2. The Bertz CT molecular complexity index is 1000. The lowest BCUT2D eigenvalue weighted by molar-refractivity contribution is -0.00233. The third-order valence-electron chi connectivity index (χ3n) is 7.88. The van der Waals surface area contributed by atoms with E-state index in [1.165, 1.54) is 11.1 Å².